The van der Waals surface area contributed by atoms with Crippen molar-refractivity contribution in [3.63, 3.8) is 0 Å². The Morgan fingerprint density at radius 3 is 2.71 bits per heavy atom. The first-order chi connectivity index (χ1) is 11.7. The maximum atomic E-state index is 12.3. The Morgan fingerprint density at radius 1 is 1.17 bits per heavy atom. The van der Waals surface area contributed by atoms with Gasteiger partial charge >= 0.3 is 0 Å². The number of hydrogen-bond donors (Lipinski definition) is 2. The molecule has 1 aromatic heterocycles. The summed E-state index contributed by atoms with van der Waals surface area (Å²) in [5, 5.41) is 4.67. The molecule has 24 heavy (non-hydrogen) atoms. The number of rotatable bonds is 3. The third-order valence-corrected chi connectivity index (χ3v) is 4.78. The summed E-state index contributed by atoms with van der Waals surface area (Å²) in [5.41, 5.74) is 5.08. The average Bonchev–Trinajstić information content (AvgIpc) is 2.84. The molecule has 2 N–H and O–H groups in total. The molecular weight excluding hydrogens is 324 g/mol. The molecule has 2 aromatic carbocycles. The van der Waals surface area contributed by atoms with Crippen LogP contribution in [0.1, 0.15) is 27.2 Å². The Hall–Kier alpha value is -2.46. The molecule has 0 saturated carbocycles. The van der Waals surface area contributed by atoms with Crippen LogP contribution in [0.5, 0.6) is 5.75 Å². The number of amides is 1. The summed E-state index contributed by atoms with van der Waals surface area (Å²) in [6.07, 6.45) is 1.56. The van der Waals surface area contributed by atoms with Gasteiger partial charge in [0.15, 0.2) is 0 Å². The quantitative estimate of drug-likeness (QED) is 0.763. The van der Waals surface area contributed by atoms with E-state index in [9.17, 15) is 4.79 Å². The Kier molecular flexibility index (Phi) is 3.69. The van der Waals surface area contributed by atoms with Crippen molar-refractivity contribution >= 4 is 28.4 Å². The maximum Gasteiger partial charge on any atom is 0.251 e. The van der Waals surface area contributed by atoms with E-state index in [1.165, 1.54) is 11.1 Å². The second kappa shape index (κ2) is 5.87. The van der Waals surface area contributed by atoms with Crippen molar-refractivity contribution in [2.24, 2.45) is 0 Å². The van der Waals surface area contributed by atoms with Crippen LogP contribution in [0.2, 0.25) is 5.02 Å². The largest absolute Gasteiger partial charge is 0.495 e. The van der Waals surface area contributed by atoms with Gasteiger partial charge in [-0.25, -0.2) is 0 Å². The lowest BCUT2D eigenvalue weighted by Crippen LogP contribution is -2.23. The lowest BCUT2D eigenvalue weighted by atomic mass is 10.00. The first kappa shape index (κ1) is 15.1. The van der Waals surface area contributed by atoms with E-state index in [-0.39, 0.29) is 5.91 Å². The van der Waals surface area contributed by atoms with Crippen LogP contribution in [0.15, 0.2) is 36.4 Å². The van der Waals surface area contributed by atoms with E-state index in [1.54, 1.807) is 7.11 Å². The molecule has 0 fully saturated rings. The minimum Gasteiger partial charge on any atom is -0.495 e. The van der Waals surface area contributed by atoms with Crippen molar-refractivity contribution in [1.82, 2.24) is 10.3 Å². The SMILES string of the molecule is COc1ccc2c3c(c(Cc4ccc(Cl)cc4)[nH]c13)CCNC2=O. The molecule has 1 aliphatic heterocycles. The number of halogens is 1. The van der Waals surface area contributed by atoms with E-state index in [2.05, 4.69) is 10.3 Å². The van der Waals surface area contributed by atoms with E-state index in [0.717, 1.165) is 40.2 Å². The first-order valence-electron chi connectivity index (χ1n) is 7.90. The van der Waals surface area contributed by atoms with Gasteiger partial charge in [-0.15, -0.1) is 0 Å². The molecule has 1 aliphatic rings. The number of aromatic nitrogens is 1. The molecule has 0 radical (unpaired) electrons. The van der Waals surface area contributed by atoms with Crippen molar-refractivity contribution in [1.29, 1.82) is 0 Å². The Balaban J connectivity index is 1.89. The van der Waals surface area contributed by atoms with Crippen molar-refractivity contribution in [2.45, 2.75) is 12.8 Å². The van der Waals surface area contributed by atoms with Gasteiger partial charge in [0.2, 0.25) is 0 Å². The maximum absolute atomic E-state index is 12.3. The lowest BCUT2D eigenvalue weighted by Gasteiger charge is -2.05. The van der Waals surface area contributed by atoms with Crippen LogP contribution in [0.4, 0.5) is 0 Å². The van der Waals surface area contributed by atoms with Gasteiger partial charge < -0.3 is 15.0 Å². The molecule has 0 aliphatic carbocycles. The van der Waals surface area contributed by atoms with E-state index in [4.69, 9.17) is 16.3 Å². The summed E-state index contributed by atoms with van der Waals surface area (Å²) in [7, 11) is 1.65. The summed E-state index contributed by atoms with van der Waals surface area (Å²) >= 11 is 5.97. The molecule has 0 atom stereocenters. The fourth-order valence-corrected chi connectivity index (χ4v) is 3.51. The smallest absolute Gasteiger partial charge is 0.251 e. The number of nitrogens with one attached hydrogen (secondary N) is 2. The number of H-pyrrole nitrogens is 1. The molecule has 4 nitrogen and oxygen atoms in total. The molecule has 3 aromatic rings. The number of hydrogen-bond acceptors (Lipinski definition) is 2. The molecule has 0 saturated heterocycles. The van der Waals surface area contributed by atoms with Crippen molar-refractivity contribution in [3.8, 4) is 5.75 Å². The van der Waals surface area contributed by atoms with Crippen molar-refractivity contribution in [2.75, 3.05) is 13.7 Å². The number of methoxy groups -OCH3 is 1. The summed E-state index contributed by atoms with van der Waals surface area (Å²) < 4.78 is 5.48. The highest BCUT2D eigenvalue weighted by Gasteiger charge is 2.23. The third-order valence-electron chi connectivity index (χ3n) is 4.53. The minimum absolute atomic E-state index is 0.0292. The Morgan fingerprint density at radius 2 is 1.96 bits per heavy atom. The van der Waals surface area contributed by atoms with Crippen LogP contribution in [0.25, 0.3) is 10.9 Å². The van der Waals surface area contributed by atoms with Gasteiger partial charge in [-0.05, 0) is 41.8 Å². The zero-order valence-corrected chi connectivity index (χ0v) is 14.0. The van der Waals surface area contributed by atoms with Crippen LogP contribution < -0.4 is 10.1 Å². The summed E-state index contributed by atoms with van der Waals surface area (Å²) in [5.74, 6) is 0.727. The normalized spacial score (nSPS) is 13.7. The summed E-state index contributed by atoms with van der Waals surface area (Å²) in [6.45, 7) is 0.635. The zero-order valence-electron chi connectivity index (χ0n) is 13.3. The van der Waals surface area contributed by atoms with Crippen LogP contribution in [-0.4, -0.2) is 24.5 Å². The van der Waals surface area contributed by atoms with E-state index < -0.39 is 0 Å². The monoisotopic (exact) mass is 340 g/mol. The molecule has 122 valence electrons. The Labute approximate surface area is 144 Å². The summed E-state index contributed by atoms with van der Waals surface area (Å²) in [6, 6.07) is 11.5. The van der Waals surface area contributed by atoms with Gasteiger partial charge in [-0.1, -0.05) is 23.7 Å². The van der Waals surface area contributed by atoms with E-state index in [0.29, 0.717) is 12.1 Å². The second-order valence-corrected chi connectivity index (χ2v) is 6.39. The van der Waals surface area contributed by atoms with Crippen molar-refractivity contribution < 1.29 is 9.53 Å². The number of benzene rings is 2. The van der Waals surface area contributed by atoms with Crippen LogP contribution >= 0.6 is 11.6 Å². The number of carbonyl (C=O) groups excluding carboxylic acids is 1. The molecule has 0 bridgehead atoms. The van der Waals surface area contributed by atoms with Crippen LogP contribution in [0.3, 0.4) is 0 Å². The molecular formula is C19H17ClN2O2. The highest BCUT2D eigenvalue weighted by Crippen LogP contribution is 2.35. The van der Waals surface area contributed by atoms with E-state index >= 15 is 0 Å². The van der Waals surface area contributed by atoms with Crippen molar-refractivity contribution in [3.05, 3.63) is 63.8 Å². The zero-order chi connectivity index (χ0) is 16.7. The fraction of sp³-hybridized carbons (Fsp3) is 0.211. The van der Waals surface area contributed by atoms with Gasteiger partial charge in [0.05, 0.1) is 12.6 Å². The highest BCUT2D eigenvalue weighted by atomic mass is 35.5. The molecule has 4 rings (SSSR count). The Bertz CT molecular complexity index is 929. The highest BCUT2D eigenvalue weighted by molar-refractivity contribution is 6.30. The molecule has 0 spiro atoms. The predicted molar refractivity (Wildman–Crippen MR) is 95.1 cm³/mol. The molecule has 5 heteroatoms. The van der Waals surface area contributed by atoms with Gasteiger partial charge in [0.1, 0.15) is 5.75 Å². The number of aromatic amines is 1. The topological polar surface area (TPSA) is 54.1 Å². The molecule has 1 amide bonds. The van der Waals surface area contributed by atoms with Gasteiger partial charge in [-0.3, -0.25) is 4.79 Å². The van der Waals surface area contributed by atoms with E-state index in [1.807, 2.05) is 36.4 Å². The molecule has 0 unspecified atom stereocenters. The minimum atomic E-state index is -0.0292. The first-order valence-corrected chi connectivity index (χ1v) is 8.28. The van der Waals surface area contributed by atoms with Gasteiger partial charge in [0.25, 0.3) is 5.91 Å². The predicted octanol–water partition coefficient (Wildman–Crippen LogP) is 3.71. The fourth-order valence-electron chi connectivity index (χ4n) is 3.39. The lowest BCUT2D eigenvalue weighted by molar-refractivity contribution is 0.0957. The second-order valence-electron chi connectivity index (χ2n) is 5.96. The third kappa shape index (κ3) is 2.43. The average molecular weight is 341 g/mol. The van der Waals surface area contributed by atoms with Crippen LogP contribution in [-0.2, 0) is 12.8 Å². The standard InChI is InChI=1S/C19H17ClN2O2/c1-24-16-7-6-14-17-13(8-9-21-19(14)23)15(22-18(16)17)10-11-2-4-12(20)5-3-11/h2-7,22H,8-10H2,1H3,(H,21,23). The number of ether oxygens (including phenoxy) is 1. The molecule has 2 heterocycles. The van der Waals surface area contributed by atoms with Gasteiger partial charge in [0, 0.05) is 34.6 Å². The number of carbonyl (C=O) groups is 1. The van der Waals surface area contributed by atoms with Crippen LogP contribution in [0, 0.1) is 0 Å². The summed E-state index contributed by atoms with van der Waals surface area (Å²) in [4.78, 5) is 15.8. The van der Waals surface area contributed by atoms with Gasteiger partial charge in [-0.2, -0.15) is 0 Å².